The maximum atomic E-state index is 12.5. The molecule has 4 rings (SSSR count). The van der Waals surface area contributed by atoms with Crippen molar-refractivity contribution in [3.8, 4) is 22.9 Å². The number of hydrogen-bond acceptors (Lipinski definition) is 7. The summed E-state index contributed by atoms with van der Waals surface area (Å²) in [5, 5.41) is 7.34. The number of carbonyl (C=O) groups excluding carboxylic acids is 1. The average Bonchev–Trinajstić information content (AvgIpc) is 3.46. The minimum atomic E-state index is 0.117. The predicted molar refractivity (Wildman–Crippen MR) is 111 cm³/mol. The van der Waals surface area contributed by atoms with Gasteiger partial charge < -0.3 is 19.3 Å². The van der Waals surface area contributed by atoms with Crippen molar-refractivity contribution in [3.05, 3.63) is 24.1 Å². The first-order valence-electron chi connectivity index (χ1n) is 10.7. The summed E-state index contributed by atoms with van der Waals surface area (Å²) in [5.41, 5.74) is 0.810. The summed E-state index contributed by atoms with van der Waals surface area (Å²) >= 11 is 0. The van der Waals surface area contributed by atoms with E-state index in [1.54, 1.807) is 14.2 Å². The van der Waals surface area contributed by atoms with Gasteiger partial charge >= 0.3 is 0 Å². The Bertz CT molecular complexity index is 855. The Kier molecular flexibility index (Phi) is 6.52. The summed E-state index contributed by atoms with van der Waals surface area (Å²) in [6.07, 6.45) is 6.47. The third-order valence-electron chi connectivity index (χ3n) is 6.13. The van der Waals surface area contributed by atoms with E-state index >= 15 is 0 Å². The number of carbonyl (C=O) groups is 1. The van der Waals surface area contributed by atoms with Crippen LogP contribution in [0.1, 0.15) is 44.4 Å². The zero-order valence-corrected chi connectivity index (χ0v) is 17.7. The van der Waals surface area contributed by atoms with Gasteiger partial charge in [-0.25, -0.2) is 0 Å². The van der Waals surface area contributed by atoms with Crippen molar-refractivity contribution in [3.63, 3.8) is 0 Å². The van der Waals surface area contributed by atoms with Gasteiger partial charge in [0, 0.05) is 17.5 Å². The zero-order valence-electron chi connectivity index (χ0n) is 17.7. The molecule has 2 aromatic rings. The lowest BCUT2D eigenvalue weighted by atomic mass is 9.95. The molecule has 1 saturated heterocycles. The fourth-order valence-electron chi connectivity index (χ4n) is 4.35. The lowest BCUT2D eigenvalue weighted by Gasteiger charge is -2.30. The fourth-order valence-corrected chi connectivity index (χ4v) is 4.35. The van der Waals surface area contributed by atoms with Crippen LogP contribution < -0.4 is 14.8 Å². The van der Waals surface area contributed by atoms with Crippen LogP contribution in [-0.2, 0) is 11.3 Å². The monoisotopic (exact) mass is 414 g/mol. The van der Waals surface area contributed by atoms with Gasteiger partial charge in [-0.2, -0.15) is 4.98 Å². The molecular weight excluding hydrogens is 384 g/mol. The quantitative estimate of drug-likeness (QED) is 0.745. The van der Waals surface area contributed by atoms with Gasteiger partial charge in [0.05, 0.1) is 20.8 Å². The molecule has 8 nitrogen and oxygen atoms in total. The number of methoxy groups -OCH3 is 2. The van der Waals surface area contributed by atoms with E-state index in [0.717, 1.165) is 44.3 Å². The number of aromatic nitrogens is 2. The highest BCUT2D eigenvalue weighted by atomic mass is 16.5. The van der Waals surface area contributed by atoms with E-state index in [0.29, 0.717) is 35.8 Å². The third-order valence-corrected chi connectivity index (χ3v) is 6.13. The highest BCUT2D eigenvalue weighted by Gasteiger charge is 2.28. The minimum Gasteiger partial charge on any atom is -0.493 e. The van der Waals surface area contributed by atoms with Crippen LogP contribution >= 0.6 is 0 Å². The van der Waals surface area contributed by atoms with Crippen molar-refractivity contribution in [2.75, 3.05) is 27.3 Å². The number of hydrogen-bond donors (Lipinski definition) is 1. The second kappa shape index (κ2) is 9.47. The normalized spacial score (nSPS) is 18.5. The van der Waals surface area contributed by atoms with Crippen LogP contribution in [0.25, 0.3) is 11.4 Å². The largest absolute Gasteiger partial charge is 0.493 e. The number of ether oxygens (including phenoxy) is 2. The van der Waals surface area contributed by atoms with Gasteiger partial charge in [0.2, 0.25) is 17.6 Å². The SMILES string of the molecule is COc1ccc(-c2noc(CN3CCC(C(=O)NC4CCCC4)CC3)n2)cc1OC. The molecule has 2 aliphatic rings. The lowest BCUT2D eigenvalue weighted by Crippen LogP contribution is -2.43. The van der Waals surface area contributed by atoms with Crippen LogP contribution in [0, 0.1) is 5.92 Å². The molecule has 0 spiro atoms. The van der Waals surface area contributed by atoms with E-state index < -0.39 is 0 Å². The molecule has 1 aromatic carbocycles. The fraction of sp³-hybridized carbons (Fsp3) is 0.591. The van der Waals surface area contributed by atoms with Gasteiger partial charge in [-0.3, -0.25) is 9.69 Å². The Balaban J connectivity index is 1.30. The number of amides is 1. The maximum Gasteiger partial charge on any atom is 0.241 e. The molecule has 1 aliphatic heterocycles. The Labute approximate surface area is 176 Å². The van der Waals surface area contributed by atoms with Gasteiger partial charge in [0.25, 0.3) is 0 Å². The zero-order chi connectivity index (χ0) is 20.9. The van der Waals surface area contributed by atoms with Crippen LogP contribution in [0.2, 0.25) is 0 Å². The van der Waals surface area contributed by atoms with E-state index in [2.05, 4.69) is 20.4 Å². The van der Waals surface area contributed by atoms with Crippen LogP contribution in [0.4, 0.5) is 0 Å². The highest BCUT2D eigenvalue weighted by molar-refractivity contribution is 5.79. The summed E-state index contributed by atoms with van der Waals surface area (Å²) in [4.78, 5) is 19.3. The molecule has 0 unspecified atom stereocenters. The molecule has 162 valence electrons. The first-order chi connectivity index (χ1) is 14.7. The third kappa shape index (κ3) is 4.75. The average molecular weight is 415 g/mol. The van der Waals surface area contributed by atoms with E-state index in [4.69, 9.17) is 14.0 Å². The van der Waals surface area contributed by atoms with Crippen molar-refractivity contribution < 1.29 is 18.8 Å². The maximum absolute atomic E-state index is 12.5. The molecular formula is C22H30N4O4. The molecule has 0 radical (unpaired) electrons. The summed E-state index contributed by atoms with van der Waals surface area (Å²) in [6.45, 7) is 2.31. The topological polar surface area (TPSA) is 89.7 Å². The first-order valence-corrected chi connectivity index (χ1v) is 10.7. The second-order valence-electron chi connectivity index (χ2n) is 8.12. The molecule has 2 heterocycles. The Morgan fingerprint density at radius 1 is 1.13 bits per heavy atom. The van der Waals surface area contributed by atoms with Crippen LogP contribution in [0.5, 0.6) is 11.5 Å². The number of likely N-dealkylation sites (tertiary alicyclic amines) is 1. The van der Waals surface area contributed by atoms with E-state index in [1.165, 1.54) is 12.8 Å². The van der Waals surface area contributed by atoms with E-state index in [9.17, 15) is 4.79 Å². The van der Waals surface area contributed by atoms with Crippen LogP contribution in [0.3, 0.4) is 0 Å². The van der Waals surface area contributed by atoms with Gasteiger partial charge in [-0.15, -0.1) is 0 Å². The summed E-state index contributed by atoms with van der Waals surface area (Å²) < 4.78 is 16.1. The number of nitrogens with one attached hydrogen (secondary N) is 1. The van der Waals surface area contributed by atoms with Crippen molar-refractivity contribution in [2.45, 2.75) is 51.1 Å². The van der Waals surface area contributed by atoms with Crippen molar-refractivity contribution in [2.24, 2.45) is 5.92 Å². The number of rotatable bonds is 7. The molecule has 2 fully saturated rings. The van der Waals surface area contributed by atoms with Crippen molar-refractivity contribution >= 4 is 5.91 Å². The molecule has 1 aromatic heterocycles. The Hall–Kier alpha value is -2.61. The molecule has 1 N–H and O–H groups in total. The molecule has 8 heteroatoms. The molecule has 1 amide bonds. The minimum absolute atomic E-state index is 0.117. The molecule has 0 atom stereocenters. The summed E-state index contributed by atoms with van der Waals surface area (Å²) in [5.74, 6) is 2.73. The number of benzene rings is 1. The van der Waals surface area contributed by atoms with Gasteiger partial charge in [-0.1, -0.05) is 18.0 Å². The van der Waals surface area contributed by atoms with Gasteiger partial charge in [0.15, 0.2) is 11.5 Å². The van der Waals surface area contributed by atoms with E-state index in [1.807, 2.05) is 18.2 Å². The highest BCUT2D eigenvalue weighted by Crippen LogP contribution is 2.31. The first kappa shape index (κ1) is 20.7. The van der Waals surface area contributed by atoms with Gasteiger partial charge in [0.1, 0.15) is 0 Å². The summed E-state index contributed by atoms with van der Waals surface area (Å²) in [7, 11) is 3.20. The second-order valence-corrected chi connectivity index (χ2v) is 8.12. The molecule has 1 saturated carbocycles. The van der Waals surface area contributed by atoms with Crippen LogP contribution in [-0.4, -0.2) is 54.3 Å². The molecule has 30 heavy (non-hydrogen) atoms. The number of piperidine rings is 1. The van der Waals surface area contributed by atoms with E-state index in [-0.39, 0.29) is 11.8 Å². The summed E-state index contributed by atoms with van der Waals surface area (Å²) in [6, 6.07) is 5.93. The Morgan fingerprint density at radius 3 is 2.57 bits per heavy atom. The molecule has 1 aliphatic carbocycles. The molecule has 0 bridgehead atoms. The standard InChI is InChI=1S/C22H30N4O4/c1-28-18-8-7-16(13-19(18)29-2)21-24-20(30-25-21)14-26-11-9-15(10-12-26)22(27)23-17-5-3-4-6-17/h7-8,13,15,17H,3-6,9-12,14H2,1-2H3,(H,23,27). The Morgan fingerprint density at radius 2 is 1.87 bits per heavy atom. The van der Waals surface area contributed by atoms with Gasteiger partial charge in [-0.05, 0) is 57.0 Å². The smallest absolute Gasteiger partial charge is 0.241 e. The van der Waals surface area contributed by atoms with Crippen molar-refractivity contribution in [1.82, 2.24) is 20.4 Å². The predicted octanol–water partition coefficient (Wildman–Crippen LogP) is 3.02. The van der Waals surface area contributed by atoms with Crippen molar-refractivity contribution in [1.29, 1.82) is 0 Å². The lowest BCUT2D eigenvalue weighted by molar-refractivity contribution is -0.127. The number of nitrogens with zero attached hydrogens (tertiary/aromatic N) is 3. The van der Waals surface area contributed by atoms with Crippen LogP contribution in [0.15, 0.2) is 22.7 Å².